The number of benzene rings is 1. The molecule has 0 N–H and O–H groups in total. The predicted octanol–water partition coefficient (Wildman–Crippen LogP) is 2.80. The second kappa shape index (κ2) is 5.09. The molecule has 1 aromatic carbocycles. The van der Waals surface area contributed by atoms with Crippen LogP contribution < -0.4 is 9.64 Å². The smallest absolute Gasteiger partial charge is 0.143 e. The first kappa shape index (κ1) is 11.8. The summed E-state index contributed by atoms with van der Waals surface area (Å²) in [7, 11) is 1.66. The molecule has 2 rings (SSSR count). The van der Waals surface area contributed by atoms with Gasteiger partial charge in [0.15, 0.2) is 0 Å². The molecule has 3 heteroatoms. The van der Waals surface area contributed by atoms with Crippen LogP contribution in [0.4, 0.5) is 5.69 Å². The van der Waals surface area contributed by atoms with E-state index in [1.54, 1.807) is 7.11 Å². The zero-order valence-electron chi connectivity index (χ0n) is 10.4. The summed E-state index contributed by atoms with van der Waals surface area (Å²) in [6.45, 7) is 4.30. The SMILES string of the molecule is COc1cccc(C#N)c1N1CCC(C)CC1. The van der Waals surface area contributed by atoms with Crippen molar-refractivity contribution in [1.82, 2.24) is 0 Å². The second-order valence-corrected chi connectivity index (χ2v) is 4.64. The molecular formula is C14H18N2O. The van der Waals surface area contributed by atoms with Gasteiger partial charge in [-0.25, -0.2) is 0 Å². The number of ether oxygens (including phenoxy) is 1. The van der Waals surface area contributed by atoms with Crippen LogP contribution in [0, 0.1) is 17.2 Å². The van der Waals surface area contributed by atoms with E-state index >= 15 is 0 Å². The van der Waals surface area contributed by atoms with E-state index in [9.17, 15) is 5.26 Å². The minimum atomic E-state index is 0.707. The van der Waals surface area contributed by atoms with Crippen LogP contribution in [0.15, 0.2) is 18.2 Å². The van der Waals surface area contributed by atoms with Crippen LogP contribution in [0.1, 0.15) is 25.3 Å². The van der Waals surface area contributed by atoms with Crippen molar-refractivity contribution < 1.29 is 4.74 Å². The fraction of sp³-hybridized carbons (Fsp3) is 0.500. The molecule has 1 aromatic rings. The standard InChI is InChI=1S/C14H18N2O/c1-11-6-8-16(9-7-11)14-12(10-15)4-3-5-13(14)17-2/h3-5,11H,6-9H2,1-2H3. The van der Waals surface area contributed by atoms with Crippen molar-refractivity contribution in [3.8, 4) is 11.8 Å². The first-order valence-corrected chi connectivity index (χ1v) is 6.08. The fourth-order valence-electron chi connectivity index (χ4n) is 2.34. The highest BCUT2D eigenvalue weighted by atomic mass is 16.5. The van der Waals surface area contributed by atoms with Gasteiger partial charge in [0.05, 0.1) is 18.4 Å². The molecule has 0 aliphatic carbocycles. The Balaban J connectivity index is 2.33. The lowest BCUT2D eigenvalue weighted by atomic mass is 9.98. The normalized spacial score (nSPS) is 16.6. The number of anilines is 1. The molecule has 0 unspecified atom stereocenters. The Hall–Kier alpha value is -1.69. The average Bonchev–Trinajstić information content (AvgIpc) is 2.38. The van der Waals surface area contributed by atoms with Crippen molar-refractivity contribution >= 4 is 5.69 Å². The summed E-state index contributed by atoms with van der Waals surface area (Å²) in [6.07, 6.45) is 2.37. The lowest BCUT2D eigenvalue weighted by Gasteiger charge is -2.33. The Morgan fingerprint density at radius 1 is 1.35 bits per heavy atom. The molecule has 1 heterocycles. The minimum Gasteiger partial charge on any atom is -0.495 e. The summed E-state index contributed by atoms with van der Waals surface area (Å²) < 4.78 is 5.38. The third-order valence-electron chi connectivity index (χ3n) is 3.44. The molecule has 1 saturated heterocycles. The molecule has 0 radical (unpaired) electrons. The van der Waals surface area contributed by atoms with Crippen molar-refractivity contribution in [2.75, 3.05) is 25.1 Å². The minimum absolute atomic E-state index is 0.707. The fourth-order valence-corrected chi connectivity index (χ4v) is 2.34. The van der Waals surface area contributed by atoms with Crippen molar-refractivity contribution in [3.05, 3.63) is 23.8 Å². The summed E-state index contributed by atoms with van der Waals surface area (Å²) in [5.74, 6) is 1.59. The number of nitrogens with zero attached hydrogens (tertiary/aromatic N) is 2. The van der Waals surface area contributed by atoms with Crippen LogP contribution in [0.25, 0.3) is 0 Å². The third-order valence-corrected chi connectivity index (χ3v) is 3.44. The van der Waals surface area contributed by atoms with E-state index in [2.05, 4.69) is 17.9 Å². The molecule has 0 spiro atoms. The molecule has 0 aromatic heterocycles. The van der Waals surface area contributed by atoms with Crippen LogP contribution >= 0.6 is 0 Å². The van der Waals surface area contributed by atoms with Gasteiger partial charge in [-0.2, -0.15) is 5.26 Å². The summed E-state index contributed by atoms with van der Waals surface area (Å²) >= 11 is 0. The number of hydrogen-bond acceptors (Lipinski definition) is 3. The molecule has 1 aliphatic heterocycles. The first-order valence-electron chi connectivity index (χ1n) is 6.08. The van der Waals surface area contributed by atoms with Gasteiger partial charge in [0, 0.05) is 13.1 Å². The number of rotatable bonds is 2. The Morgan fingerprint density at radius 2 is 2.06 bits per heavy atom. The van der Waals surface area contributed by atoms with E-state index in [1.807, 2.05) is 18.2 Å². The number of nitriles is 1. The van der Waals surface area contributed by atoms with Crippen molar-refractivity contribution in [3.63, 3.8) is 0 Å². The van der Waals surface area contributed by atoms with Crippen LogP contribution in [-0.2, 0) is 0 Å². The number of para-hydroxylation sites is 1. The molecule has 17 heavy (non-hydrogen) atoms. The van der Waals surface area contributed by atoms with E-state index in [-0.39, 0.29) is 0 Å². The molecule has 0 bridgehead atoms. The first-order chi connectivity index (χ1) is 8.26. The molecule has 0 atom stereocenters. The largest absolute Gasteiger partial charge is 0.495 e. The quantitative estimate of drug-likeness (QED) is 0.783. The Kier molecular flexibility index (Phi) is 3.53. The Morgan fingerprint density at radius 3 is 2.65 bits per heavy atom. The summed E-state index contributed by atoms with van der Waals surface area (Å²) in [6, 6.07) is 7.91. The molecule has 1 fully saturated rings. The Labute approximate surface area is 103 Å². The van der Waals surface area contributed by atoms with E-state index in [4.69, 9.17) is 4.74 Å². The van der Waals surface area contributed by atoms with Gasteiger partial charge in [-0.1, -0.05) is 13.0 Å². The molecular weight excluding hydrogens is 212 g/mol. The molecule has 1 aliphatic rings. The zero-order chi connectivity index (χ0) is 12.3. The van der Waals surface area contributed by atoms with Crippen LogP contribution in [0.5, 0.6) is 5.75 Å². The topological polar surface area (TPSA) is 36.3 Å². The molecule has 90 valence electrons. The highest BCUT2D eigenvalue weighted by molar-refractivity contribution is 5.68. The zero-order valence-corrected chi connectivity index (χ0v) is 10.4. The summed E-state index contributed by atoms with van der Waals surface area (Å²) in [5, 5.41) is 9.19. The molecule has 0 saturated carbocycles. The number of hydrogen-bond donors (Lipinski definition) is 0. The predicted molar refractivity (Wildman–Crippen MR) is 68.3 cm³/mol. The van der Waals surface area contributed by atoms with Crippen molar-refractivity contribution in [2.24, 2.45) is 5.92 Å². The highest BCUT2D eigenvalue weighted by Crippen LogP contribution is 2.34. The van der Waals surface area contributed by atoms with Gasteiger partial charge in [-0.3, -0.25) is 0 Å². The maximum atomic E-state index is 9.19. The van der Waals surface area contributed by atoms with Gasteiger partial charge in [0.25, 0.3) is 0 Å². The van der Waals surface area contributed by atoms with Gasteiger partial charge in [0.1, 0.15) is 11.8 Å². The van der Waals surface area contributed by atoms with E-state index in [1.165, 1.54) is 12.8 Å². The van der Waals surface area contributed by atoms with E-state index < -0.39 is 0 Å². The maximum absolute atomic E-state index is 9.19. The third kappa shape index (κ3) is 2.36. The molecule has 0 amide bonds. The van der Waals surface area contributed by atoms with Crippen LogP contribution in [0.2, 0.25) is 0 Å². The maximum Gasteiger partial charge on any atom is 0.143 e. The van der Waals surface area contributed by atoms with Crippen molar-refractivity contribution in [2.45, 2.75) is 19.8 Å². The number of piperidine rings is 1. The molecule has 3 nitrogen and oxygen atoms in total. The monoisotopic (exact) mass is 230 g/mol. The Bertz CT molecular complexity index is 428. The van der Waals surface area contributed by atoms with Gasteiger partial charge in [-0.05, 0) is 30.9 Å². The van der Waals surface area contributed by atoms with Crippen LogP contribution in [-0.4, -0.2) is 20.2 Å². The van der Waals surface area contributed by atoms with E-state index in [0.29, 0.717) is 5.56 Å². The highest BCUT2D eigenvalue weighted by Gasteiger charge is 2.21. The van der Waals surface area contributed by atoms with Gasteiger partial charge in [-0.15, -0.1) is 0 Å². The number of methoxy groups -OCH3 is 1. The van der Waals surface area contributed by atoms with Crippen molar-refractivity contribution in [1.29, 1.82) is 5.26 Å². The second-order valence-electron chi connectivity index (χ2n) is 4.64. The van der Waals surface area contributed by atoms with Gasteiger partial charge >= 0.3 is 0 Å². The lowest BCUT2D eigenvalue weighted by molar-refractivity contribution is 0.404. The van der Waals surface area contributed by atoms with Gasteiger partial charge < -0.3 is 9.64 Å². The summed E-state index contributed by atoms with van der Waals surface area (Å²) in [5.41, 5.74) is 1.67. The lowest BCUT2D eigenvalue weighted by Crippen LogP contribution is -2.33. The summed E-state index contributed by atoms with van der Waals surface area (Å²) in [4.78, 5) is 2.28. The van der Waals surface area contributed by atoms with Crippen LogP contribution in [0.3, 0.4) is 0 Å². The van der Waals surface area contributed by atoms with Gasteiger partial charge in [0.2, 0.25) is 0 Å². The average molecular weight is 230 g/mol. The van der Waals surface area contributed by atoms with E-state index in [0.717, 1.165) is 30.4 Å².